The van der Waals surface area contributed by atoms with Crippen molar-refractivity contribution in [2.24, 2.45) is 5.92 Å². The van der Waals surface area contributed by atoms with Crippen LogP contribution in [0.2, 0.25) is 0 Å². The Morgan fingerprint density at radius 3 is 2.00 bits per heavy atom. The summed E-state index contributed by atoms with van der Waals surface area (Å²) in [7, 11) is 4.51. The van der Waals surface area contributed by atoms with Crippen molar-refractivity contribution in [1.82, 2.24) is 0 Å². The van der Waals surface area contributed by atoms with Crippen molar-refractivity contribution in [3.05, 3.63) is 23.2 Å². The first-order valence-electron chi connectivity index (χ1n) is 5.02. The van der Waals surface area contributed by atoms with Gasteiger partial charge in [0, 0.05) is 0 Å². The summed E-state index contributed by atoms with van der Waals surface area (Å²) in [6, 6.07) is 0. The Labute approximate surface area is 96.9 Å². The van der Waals surface area contributed by atoms with E-state index in [1.165, 1.54) is 7.11 Å². The van der Waals surface area contributed by atoms with E-state index in [1.54, 1.807) is 34.1 Å². The van der Waals surface area contributed by atoms with Gasteiger partial charge in [-0.3, -0.25) is 4.79 Å². The van der Waals surface area contributed by atoms with Crippen molar-refractivity contribution in [2.45, 2.75) is 20.8 Å². The molecule has 0 N–H and O–H groups in total. The molecule has 0 saturated carbocycles. The van der Waals surface area contributed by atoms with Crippen molar-refractivity contribution in [3.8, 4) is 0 Å². The molecule has 0 aliphatic carbocycles. The molecule has 4 heteroatoms. The van der Waals surface area contributed by atoms with Crippen molar-refractivity contribution in [1.29, 1.82) is 0 Å². The second-order valence-corrected chi connectivity index (χ2v) is 3.46. The largest absolute Gasteiger partial charge is 0.498 e. The topological polar surface area (TPSA) is 44.8 Å². The van der Waals surface area contributed by atoms with Crippen LogP contribution in [0, 0.1) is 5.92 Å². The summed E-state index contributed by atoms with van der Waals surface area (Å²) in [4.78, 5) is 11.3. The molecule has 0 aromatic rings. The molecule has 0 aromatic carbocycles. The van der Waals surface area contributed by atoms with Gasteiger partial charge in [0.2, 0.25) is 0 Å². The molecule has 0 radical (unpaired) electrons. The van der Waals surface area contributed by atoms with Crippen LogP contribution in [0.3, 0.4) is 0 Å². The van der Waals surface area contributed by atoms with Crippen LogP contribution in [-0.4, -0.2) is 27.3 Å². The molecule has 0 heterocycles. The predicted octanol–water partition coefficient (Wildman–Crippen LogP) is 2.27. The van der Waals surface area contributed by atoms with E-state index < -0.39 is 0 Å². The molecule has 1 unspecified atom stereocenters. The van der Waals surface area contributed by atoms with E-state index >= 15 is 0 Å². The highest BCUT2D eigenvalue weighted by Gasteiger charge is 2.15. The van der Waals surface area contributed by atoms with Gasteiger partial charge in [0.15, 0.2) is 5.76 Å². The number of ether oxygens (including phenoxy) is 3. The van der Waals surface area contributed by atoms with E-state index in [-0.39, 0.29) is 11.9 Å². The quantitative estimate of drug-likeness (QED) is 0.411. The summed E-state index contributed by atoms with van der Waals surface area (Å²) in [5, 5.41) is 0. The monoisotopic (exact) mass is 228 g/mol. The summed E-state index contributed by atoms with van der Waals surface area (Å²) in [5.41, 5.74) is 0.861. The third-order valence-electron chi connectivity index (χ3n) is 2.47. The van der Waals surface area contributed by atoms with Gasteiger partial charge in [-0.25, -0.2) is 0 Å². The van der Waals surface area contributed by atoms with E-state index in [2.05, 4.69) is 4.74 Å². The van der Waals surface area contributed by atoms with Gasteiger partial charge >= 0.3 is 5.97 Å². The molecule has 0 rings (SSSR count). The highest BCUT2D eigenvalue weighted by atomic mass is 16.5. The van der Waals surface area contributed by atoms with Gasteiger partial charge in [0.25, 0.3) is 0 Å². The molecule has 0 spiro atoms. The second-order valence-electron chi connectivity index (χ2n) is 3.46. The van der Waals surface area contributed by atoms with Crippen LogP contribution in [0.5, 0.6) is 0 Å². The lowest BCUT2D eigenvalue weighted by atomic mass is 10.0. The van der Waals surface area contributed by atoms with E-state index in [4.69, 9.17) is 9.47 Å². The van der Waals surface area contributed by atoms with Gasteiger partial charge in [0.05, 0.1) is 27.2 Å². The normalized spacial score (nSPS) is 15.0. The average Bonchev–Trinajstić information content (AvgIpc) is 2.32. The van der Waals surface area contributed by atoms with Crippen molar-refractivity contribution < 1.29 is 19.0 Å². The van der Waals surface area contributed by atoms with E-state index in [0.717, 1.165) is 5.57 Å². The fourth-order valence-corrected chi connectivity index (χ4v) is 1.10. The molecule has 92 valence electrons. The van der Waals surface area contributed by atoms with Crippen molar-refractivity contribution in [2.75, 3.05) is 21.3 Å². The number of hydrogen-bond acceptors (Lipinski definition) is 4. The molecule has 0 aliphatic heterocycles. The zero-order valence-electron chi connectivity index (χ0n) is 10.8. The first-order chi connectivity index (χ1) is 7.47. The smallest absolute Gasteiger partial charge is 0.312 e. The summed E-state index contributed by atoms with van der Waals surface area (Å²) in [6.45, 7) is 5.43. The lowest BCUT2D eigenvalue weighted by molar-refractivity contribution is -0.143. The van der Waals surface area contributed by atoms with Crippen LogP contribution in [0.25, 0.3) is 0 Å². The summed E-state index contributed by atoms with van der Waals surface area (Å²) >= 11 is 0. The molecule has 0 aromatic heterocycles. The van der Waals surface area contributed by atoms with Crippen LogP contribution in [0.1, 0.15) is 20.8 Å². The number of carbonyl (C=O) groups excluding carboxylic acids is 1. The van der Waals surface area contributed by atoms with E-state index in [9.17, 15) is 4.79 Å². The summed E-state index contributed by atoms with van der Waals surface area (Å²) in [5.74, 6) is 0.716. The lowest BCUT2D eigenvalue weighted by Crippen LogP contribution is -2.14. The van der Waals surface area contributed by atoms with E-state index in [0.29, 0.717) is 11.5 Å². The molecule has 0 bridgehead atoms. The maximum atomic E-state index is 11.3. The molecule has 0 fully saturated rings. The minimum atomic E-state index is -0.292. The van der Waals surface area contributed by atoms with Gasteiger partial charge in [-0.05, 0) is 26.8 Å². The van der Waals surface area contributed by atoms with Gasteiger partial charge in [-0.1, -0.05) is 5.57 Å². The third kappa shape index (κ3) is 3.96. The van der Waals surface area contributed by atoms with Crippen LogP contribution in [0.4, 0.5) is 0 Å². The Balaban J connectivity index is 4.94. The molecular formula is C12H20O4. The Kier molecular flexibility index (Phi) is 6.30. The Morgan fingerprint density at radius 2 is 1.62 bits per heavy atom. The molecule has 16 heavy (non-hydrogen) atoms. The zero-order valence-corrected chi connectivity index (χ0v) is 10.8. The standard InChI is InChI=1S/C12H20O4/c1-8(9(2)12(13)16-6)7-11(15-5)10(3)14-4/h7,9H,1-6H3. The maximum absolute atomic E-state index is 11.3. The number of hydrogen-bond donors (Lipinski definition) is 0. The molecule has 0 saturated heterocycles. The van der Waals surface area contributed by atoms with Crippen LogP contribution in [-0.2, 0) is 19.0 Å². The van der Waals surface area contributed by atoms with Crippen LogP contribution >= 0.6 is 0 Å². The highest BCUT2D eigenvalue weighted by Crippen LogP contribution is 2.16. The Hall–Kier alpha value is -1.45. The molecular weight excluding hydrogens is 208 g/mol. The zero-order chi connectivity index (χ0) is 12.7. The van der Waals surface area contributed by atoms with Gasteiger partial charge < -0.3 is 14.2 Å². The number of rotatable bonds is 5. The van der Waals surface area contributed by atoms with Crippen molar-refractivity contribution >= 4 is 5.97 Å². The van der Waals surface area contributed by atoms with E-state index in [1.807, 2.05) is 6.92 Å². The summed E-state index contributed by atoms with van der Waals surface area (Å²) in [6.07, 6.45) is 1.78. The maximum Gasteiger partial charge on any atom is 0.312 e. The minimum Gasteiger partial charge on any atom is -0.498 e. The number of allylic oxidation sites excluding steroid dienone is 2. The predicted molar refractivity (Wildman–Crippen MR) is 61.7 cm³/mol. The SMILES string of the molecule is COC(=O)C(C)C(C)=CC(OC)=C(C)OC. The van der Waals surface area contributed by atoms with Crippen molar-refractivity contribution in [3.63, 3.8) is 0 Å². The van der Waals surface area contributed by atoms with Gasteiger partial charge in [0.1, 0.15) is 5.76 Å². The van der Waals surface area contributed by atoms with Crippen LogP contribution < -0.4 is 0 Å². The molecule has 4 nitrogen and oxygen atoms in total. The average molecular weight is 228 g/mol. The van der Waals surface area contributed by atoms with Gasteiger partial charge in [-0.15, -0.1) is 0 Å². The number of carbonyl (C=O) groups is 1. The Morgan fingerprint density at radius 1 is 1.06 bits per heavy atom. The first kappa shape index (κ1) is 14.6. The fourth-order valence-electron chi connectivity index (χ4n) is 1.10. The fraction of sp³-hybridized carbons (Fsp3) is 0.583. The minimum absolute atomic E-state index is 0.265. The van der Waals surface area contributed by atoms with Gasteiger partial charge in [-0.2, -0.15) is 0 Å². The second kappa shape index (κ2) is 6.93. The highest BCUT2D eigenvalue weighted by molar-refractivity contribution is 5.75. The molecule has 0 amide bonds. The number of methoxy groups -OCH3 is 3. The molecule has 0 aliphatic rings. The first-order valence-corrected chi connectivity index (χ1v) is 5.02. The summed E-state index contributed by atoms with van der Waals surface area (Å²) < 4.78 is 14.9. The van der Waals surface area contributed by atoms with Crippen LogP contribution in [0.15, 0.2) is 23.2 Å². The Bertz CT molecular complexity index is 302. The lowest BCUT2D eigenvalue weighted by Gasteiger charge is -2.11. The number of esters is 1. The molecule has 1 atom stereocenters. The third-order valence-corrected chi connectivity index (χ3v) is 2.47.